The summed E-state index contributed by atoms with van der Waals surface area (Å²) in [6.07, 6.45) is 7.78. The molecule has 1 aromatic carbocycles. The smallest absolute Gasteiger partial charge is 0.255 e. The van der Waals surface area contributed by atoms with E-state index in [0.717, 1.165) is 12.2 Å². The van der Waals surface area contributed by atoms with Crippen LogP contribution in [0.3, 0.4) is 0 Å². The lowest BCUT2D eigenvalue weighted by molar-refractivity contribution is 0.102. The summed E-state index contributed by atoms with van der Waals surface area (Å²) < 4.78 is 1.80. The molecule has 0 aliphatic heterocycles. The second kappa shape index (κ2) is 6.22. The van der Waals surface area contributed by atoms with Gasteiger partial charge in [-0.2, -0.15) is 0 Å². The number of carbonyl (C=O) groups excluding carboxylic acids is 1. The molecular weight excluding hydrogens is 276 g/mol. The Morgan fingerprint density at radius 1 is 1.18 bits per heavy atom. The molecule has 5 heteroatoms. The number of benzene rings is 1. The summed E-state index contributed by atoms with van der Waals surface area (Å²) in [5.74, 6) is 0.614. The predicted molar refractivity (Wildman–Crippen MR) is 85.1 cm³/mol. The molecule has 0 aliphatic carbocycles. The minimum Gasteiger partial charge on any atom is -0.321 e. The molecule has 3 aromatic rings. The third-order valence-corrected chi connectivity index (χ3v) is 3.40. The SMILES string of the molecule is CCc1ccc(C(=O)Nc2ccc(-n3ccnc3)nc2)cc1. The number of pyridine rings is 1. The highest BCUT2D eigenvalue weighted by atomic mass is 16.1. The van der Waals surface area contributed by atoms with Gasteiger partial charge in [0.2, 0.25) is 0 Å². The molecule has 0 saturated heterocycles. The quantitative estimate of drug-likeness (QED) is 0.804. The molecule has 0 radical (unpaired) electrons. The summed E-state index contributed by atoms with van der Waals surface area (Å²) >= 11 is 0. The minimum atomic E-state index is -0.139. The van der Waals surface area contributed by atoms with Crippen molar-refractivity contribution in [2.24, 2.45) is 0 Å². The minimum absolute atomic E-state index is 0.139. The highest BCUT2D eigenvalue weighted by Gasteiger charge is 2.06. The number of nitrogens with zero attached hydrogens (tertiary/aromatic N) is 3. The van der Waals surface area contributed by atoms with E-state index in [-0.39, 0.29) is 5.91 Å². The molecule has 2 heterocycles. The lowest BCUT2D eigenvalue weighted by atomic mass is 10.1. The summed E-state index contributed by atoms with van der Waals surface area (Å²) in [7, 11) is 0. The van der Waals surface area contributed by atoms with Gasteiger partial charge in [0, 0.05) is 18.0 Å². The summed E-state index contributed by atoms with van der Waals surface area (Å²) in [6.45, 7) is 2.09. The number of carbonyl (C=O) groups is 1. The maximum atomic E-state index is 12.2. The van der Waals surface area contributed by atoms with Gasteiger partial charge in [-0.25, -0.2) is 9.97 Å². The Morgan fingerprint density at radius 3 is 2.59 bits per heavy atom. The van der Waals surface area contributed by atoms with Gasteiger partial charge < -0.3 is 5.32 Å². The van der Waals surface area contributed by atoms with E-state index in [9.17, 15) is 4.79 Å². The zero-order valence-corrected chi connectivity index (χ0v) is 12.2. The van der Waals surface area contributed by atoms with Crippen LogP contribution in [0.1, 0.15) is 22.8 Å². The average Bonchev–Trinajstić information content (AvgIpc) is 3.10. The molecule has 0 unspecified atom stereocenters. The van der Waals surface area contributed by atoms with Crippen LogP contribution in [0.2, 0.25) is 0 Å². The Morgan fingerprint density at radius 2 is 2.00 bits per heavy atom. The zero-order valence-electron chi connectivity index (χ0n) is 12.2. The third-order valence-electron chi connectivity index (χ3n) is 3.40. The second-order valence-electron chi connectivity index (χ2n) is 4.88. The molecule has 5 nitrogen and oxygen atoms in total. The summed E-state index contributed by atoms with van der Waals surface area (Å²) in [4.78, 5) is 20.5. The standard InChI is InChI=1S/C17H16N4O/c1-2-13-3-5-14(6-4-13)17(22)20-15-7-8-16(19-11-15)21-10-9-18-12-21/h3-12H,2H2,1H3,(H,20,22). The zero-order chi connectivity index (χ0) is 15.4. The third kappa shape index (κ3) is 3.03. The fourth-order valence-corrected chi connectivity index (χ4v) is 2.10. The molecule has 3 rings (SSSR count). The summed E-state index contributed by atoms with van der Waals surface area (Å²) in [5, 5.41) is 2.84. The van der Waals surface area contributed by atoms with Crippen LogP contribution in [0.15, 0.2) is 61.3 Å². The van der Waals surface area contributed by atoms with E-state index < -0.39 is 0 Å². The molecule has 22 heavy (non-hydrogen) atoms. The van der Waals surface area contributed by atoms with Crippen molar-refractivity contribution in [2.75, 3.05) is 5.32 Å². The van der Waals surface area contributed by atoms with Crippen molar-refractivity contribution in [3.63, 3.8) is 0 Å². The van der Waals surface area contributed by atoms with Crippen LogP contribution in [0, 0.1) is 0 Å². The number of rotatable bonds is 4. The Bertz CT molecular complexity index is 746. The molecule has 0 bridgehead atoms. The van der Waals surface area contributed by atoms with Crippen LogP contribution in [-0.2, 0) is 6.42 Å². The Balaban J connectivity index is 1.71. The van der Waals surface area contributed by atoms with Gasteiger partial charge in [0.1, 0.15) is 12.1 Å². The van der Waals surface area contributed by atoms with Crippen LogP contribution >= 0.6 is 0 Å². The van der Waals surface area contributed by atoms with Crippen LogP contribution < -0.4 is 5.32 Å². The predicted octanol–water partition coefficient (Wildman–Crippen LogP) is 3.08. The van der Waals surface area contributed by atoms with Crippen molar-refractivity contribution in [3.05, 3.63) is 72.4 Å². The monoisotopic (exact) mass is 292 g/mol. The van der Waals surface area contributed by atoms with Crippen LogP contribution in [0.5, 0.6) is 0 Å². The lowest BCUT2D eigenvalue weighted by Gasteiger charge is -2.07. The van der Waals surface area contributed by atoms with E-state index >= 15 is 0 Å². The topological polar surface area (TPSA) is 59.8 Å². The highest BCUT2D eigenvalue weighted by Crippen LogP contribution is 2.12. The van der Waals surface area contributed by atoms with Gasteiger partial charge in [0.15, 0.2) is 0 Å². The maximum absolute atomic E-state index is 12.2. The maximum Gasteiger partial charge on any atom is 0.255 e. The fourth-order valence-electron chi connectivity index (χ4n) is 2.10. The number of amides is 1. The number of aromatic nitrogens is 3. The second-order valence-corrected chi connectivity index (χ2v) is 4.88. The van der Waals surface area contributed by atoms with Gasteiger partial charge in [-0.3, -0.25) is 9.36 Å². The van der Waals surface area contributed by atoms with Gasteiger partial charge in [0.05, 0.1) is 11.9 Å². The number of nitrogens with one attached hydrogen (secondary N) is 1. The van der Waals surface area contributed by atoms with Crippen molar-refractivity contribution in [1.29, 1.82) is 0 Å². The van der Waals surface area contributed by atoms with Crippen molar-refractivity contribution in [2.45, 2.75) is 13.3 Å². The van der Waals surface area contributed by atoms with Crippen molar-refractivity contribution in [1.82, 2.24) is 14.5 Å². The van der Waals surface area contributed by atoms with Gasteiger partial charge in [-0.15, -0.1) is 0 Å². The van der Waals surface area contributed by atoms with Gasteiger partial charge in [-0.1, -0.05) is 19.1 Å². The van der Waals surface area contributed by atoms with Crippen molar-refractivity contribution < 1.29 is 4.79 Å². The average molecular weight is 292 g/mol. The molecule has 0 fully saturated rings. The van der Waals surface area contributed by atoms with E-state index in [1.54, 1.807) is 23.3 Å². The molecule has 0 spiro atoms. The molecule has 0 aliphatic rings. The molecule has 0 atom stereocenters. The molecule has 0 saturated carbocycles. The number of hydrogen-bond donors (Lipinski definition) is 1. The van der Waals surface area contributed by atoms with E-state index in [2.05, 4.69) is 22.2 Å². The molecule has 1 amide bonds. The fraction of sp³-hybridized carbons (Fsp3) is 0.118. The molecule has 110 valence electrons. The number of imidazole rings is 1. The van der Waals surface area contributed by atoms with Gasteiger partial charge in [0.25, 0.3) is 5.91 Å². The first-order valence-corrected chi connectivity index (χ1v) is 7.11. The van der Waals surface area contributed by atoms with E-state index in [1.807, 2.05) is 42.6 Å². The normalized spacial score (nSPS) is 10.4. The molecule has 2 aromatic heterocycles. The first-order valence-electron chi connectivity index (χ1n) is 7.11. The van der Waals surface area contributed by atoms with E-state index in [4.69, 9.17) is 0 Å². The number of anilines is 1. The molecular formula is C17H16N4O. The van der Waals surface area contributed by atoms with E-state index in [1.165, 1.54) is 5.56 Å². The Kier molecular flexibility index (Phi) is 3.96. The van der Waals surface area contributed by atoms with Crippen LogP contribution in [0.4, 0.5) is 5.69 Å². The Labute approximate surface area is 128 Å². The van der Waals surface area contributed by atoms with Crippen molar-refractivity contribution >= 4 is 11.6 Å². The number of hydrogen-bond acceptors (Lipinski definition) is 3. The lowest BCUT2D eigenvalue weighted by Crippen LogP contribution is -2.12. The van der Waals surface area contributed by atoms with Crippen LogP contribution in [0.25, 0.3) is 5.82 Å². The largest absolute Gasteiger partial charge is 0.321 e. The van der Waals surface area contributed by atoms with E-state index in [0.29, 0.717) is 11.3 Å². The van der Waals surface area contributed by atoms with Crippen LogP contribution in [-0.4, -0.2) is 20.4 Å². The first-order chi connectivity index (χ1) is 10.8. The summed E-state index contributed by atoms with van der Waals surface area (Å²) in [5.41, 5.74) is 2.51. The highest BCUT2D eigenvalue weighted by molar-refractivity contribution is 6.04. The molecule has 1 N–H and O–H groups in total. The first kappa shape index (κ1) is 14.0. The van der Waals surface area contributed by atoms with Crippen molar-refractivity contribution in [3.8, 4) is 5.82 Å². The van der Waals surface area contributed by atoms with Gasteiger partial charge in [-0.05, 0) is 36.2 Å². The number of aryl methyl sites for hydroxylation is 1. The van der Waals surface area contributed by atoms with Gasteiger partial charge >= 0.3 is 0 Å². The Hall–Kier alpha value is -2.95. The summed E-state index contributed by atoms with van der Waals surface area (Å²) in [6, 6.07) is 11.3.